The van der Waals surface area contributed by atoms with E-state index in [4.69, 9.17) is 0 Å². The molecule has 0 saturated heterocycles. The summed E-state index contributed by atoms with van der Waals surface area (Å²) in [6, 6.07) is 16.4. The minimum absolute atomic E-state index is 0.0618. The van der Waals surface area contributed by atoms with Gasteiger partial charge in [0.1, 0.15) is 5.01 Å². The van der Waals surface area contributed by atoms with Crippen LogP contribution in [-0.2, 0) is 5.75 Å². The fraction of sp³-hybridized carbons (Fsp3) is 0.0625. The van der Waals surface area contributed by atoms with Crippen molar-refractivity contribution in [3.8, 4) is 10.6 Å². The first kappa shape index (κ1) is 15.7. The van der Waals surface area contributed by atoms with Crippen molar-refractivity contribution in [2.24, 2.45) is 0 Å². The van der Waals surface area contributed by atoms with Gasteiger partial charge >= 0.3 is 0 Å². The highest BCUT2D eigenvalue weighted by Crippen LogP contribution is 2.28. The molecule has 0 N–H and O–H groups in total. The van der Waals surface area contributed by atoms with Gasteiger partial charge in [0.2, 0.25) is 4.96 Å². The Morgan fingerprint density at radius 2 is 1.84 bits per heavy atom. The Morgan fingerprint density at radius 3 is 2.56 bits per heavy atom. The number of fused-ring (bicyclic) bond motifs is 1. The molecule has 4 rings (SSSR count). The molecule has 0 amide bonds. The van der Waals surface area contributed by atoms with Crippen LogP contribution in [0.5, 0.6) is 0 Å². The molecule has 0 saturated carbocycles. The van der Waals surface area contributed by atoms with Crippen LogP contribution in [0, 0.1) is 10.1 Å². The molecule has 2 aromatic heterocycles. The van der Waals surface area contributed by atoms with Gasteiger partial charge in [0.15, 0.2) is 5.82 Å². The van der Waals surface area contributed by atoms with Gasteiger partial charge in [-0.3, -0.25) is 10.1 Å². The van der Waals surface area contributed by atoms with Crippen molar-refractivity contribution in [3.05, 3.63) is 70.5 Å². The second-order valence-electron chi connectivity index (χ2n) is 5.12. The molecule has 0 atom stereocenters. The Balaban J connectivity index is 1.58. The molecule has 0 unspecified atom stereocenters. The average Bonchev–Trinajstić information content (AvgIpc) is 3.22. The van der Waals surface area contributed by atoms with Crippen LogP contribution < -0.4 is 0 Å². The molecule has 2 aromatic carbocycles. The Kier molecular flexibility index (Phi) is 4.16. The number of non-ortho nitro benzene ring substituents is 1. The van der Waals surface area contributed by atoms with Gasteiger partial charge in [0, 0.05) is 22.6 Å². The lowest BCUT2D eigenvalue weighted by Crippen LogP contribution is -1.94. The number of benzene rings is 2. The number of hydrogen-bond acceptors (Lipinski definition) is 7. The smallest absolute Gasteiger partial charge is 0.258 e. The highest BCUT2D eigenvalue weighted by molar-refractivity contribution is 7.98. The average molecular weight is 369 g/mol. The molecule has 0 aliphatic heterocycles. The zero-order valence-corrected chi connectivity index (χ0v) is 14.4. The van der Waals surface area contributed by atoms with E-state index in [0.29, 0.717) is 10.7 Å². The van der Waals surface area contributed by atoms with Gasteiger partial charge in [0.05, 0.1) is 10.7 Å². The Morgan fingerprint density at radius 1 is 1.08 bits per heavy atom. The molecule has 2 heterocycles. The van der Waals surface area contributed by atoms with Gasteiger partial charge < -0.3 is 0 Å². The first-order valence-corrected chi connectivity index (χ1v) is 9.15. The molecule has 0 bridgehead atoms. The van der Waals surface area contributed by atoms with Gasteiger partial charge in [-0.15, -0.1) is 22.0 Å². The molecule has 124 valence electrons. The number of nitro benzene ring substituents is 1. The standard InChI is InChI=1S/C16H11N5O2S2/c22-21(23)12-8-6-11(7-9-12)15-19-20-14(17-18-16(20)25-15)10-24-13-4-2-1-3-5-13/h1-9H,10H2. The minimum Gasteiger partial charge on any atom is -0.258 e. The number of rotatable bonds is 5. The third-order valence-corrected chi connectivity index (χ3v) is 5.45. The van der Waals surface area contributed by atoms with Gasteiger partial charge in [-0.1, -0.05) is 29.5 Å². The normalized spacial score (nSPS) is 11.0. The van der Waals surface area contributed by atoms with Gasteiger partial charge in [-0.05, 0) is 24.3 Å². The van der Waals surface area contributed by atoms with E-state index < -0.39 is 4.92 Å². The molecule has 0 radical (unpaired) electrons. The van der Waals surface area contributed by atoms with Crippen LogP contribution in [0.4, 0.5) is 5.69 Å². The maximum absolute atomic E-state index is 10.7. The largest absolute Gasteiger partial charge is 0.269 e. The van der Waals surface area contributed by atoms with Gasteiger partial charge in [0.25, 0.3) is 5.69 Å². The summed E-state index contributed by atoms with van der Waals surface area (Å²) < 4.78 is 1.73. The minimum atomic E-state index is -0.415. The highest BCUT2D eigenvalue weighted by Gasteiger charge is 2.14. The predicted molar refractivity (Wildman–Crippen MR) is 96.8 cm³/mol. The van der Waals surface area contributed by atoms with E-state index in [-0.39, 0.29) is 5.69 Å². The summed E-state index contributed by atoms with van der Waals surface area (Å²) in [4.78, 5) is 12.2. The lowest BCUT2D eigenvalue weighted by molar-refractivity contribution is -0.384. The van der Waals surface area contributed by atoms with E-state index in [9.17, 15) is 10.1 Å². The van der Waals surface area contributed by atoms with Crippen molar-refractivity contribution >= 4 is 33.7 Å². The van der Waals surface area contributed by atoms with E-state index in [2.05, 4.69) is 15.3 Å². The molecule has 0 aliphatic carbocycles. The summed E-state index contributed by atoms with van der Waals surface area (Å²) in [5.41, 5.74) is 0.884. The second-order valence-corrected chi connectivity index (χ2v) is 7.13. The van der Waals surface area contributed by atoms with Crippen LogP contribution in [0.1, 0.15) is 5.82 Å². The summed E-state index contributed by atoms with van der Waals surface area (Å²) in [5.74, 6) is 1.43. The molecule has 0 aliphatic rings. The van der Waals surface area contributed by atoms with E-state index in [1.54, 1.807) is 28.4 Å². The Bertz CT molecular complexity index is 1030. The van der Waals surface area contributed by atoms with Crippen molar-refractivity contribution in [1.82, 2.24) is 19.8 Å². The molecule has 0 fully saturated rings. The van der Waals surface area contributed by atoms with Crippen LogP contribution in [0.25, 0.3) is 15.5 Å². The molecular weight excluding hydrogens is 358 g/mol. The maximum Gasteiger partial charge on any atom is 0.269 e. The Labute approximate surface area is 150 Å². The third-order valence-electron chi connectivity index (χ3n) is 3.49. The zero-order chi connectivity index (χ0) is 17.2. The van der Waals surface area contributed by atoms with Crippen molar-refractivity contribution in [2.45, 2.75) is 10.6 Å². The molecule has 7 nitrogen and oxygen atoms in total. The number of nitro groups is 1. The predicted octanol–water partition coefficient (Wildman–Crippen LogP) is 4.05. The third kappa shape index (κ3) is 3.24. The SMILES string of the molecule is O=[N+]([O-])c1ccc(-c2nn3c(CSc4ccccc4)nnc3s2)cc1. The van der Waals surface area contributed by atoms with Crippen LogP contribution in [0.15, 0.2) is 59.5 Å². The highest BCUT2D eigenvalue weighted by atomic mass is 32.2. The van der Waals surface area contributed by atoms with Crippen LogP contribution in [0.3, 0.4) is 0 Å². The number of hydrogen-bond donors (Lipinski definition) is 0. The molecule has 0 spiro atoms. The molecular formula is C16H11N5O2S2. The molecule has 25 heavy (non-hydrogen) atoms. The van der Waals surface area contributed by atoms with Crippen LogP contribution >= 0.6 is 23.1 Å². The van der Waals surface area contributed by atoms with Crippen molar-refractivity contribution in [1.29, 1.82) is 0 Å². The van der Waals surface area contributed by atoms with Crippen LogP contribution in [0.2, 0.25) is 0 Å². The van der Waals surface area contributed by atoms with Crippen molar-refractivity contribution < 1.29 is 4.92 Å². The summed E-state index contributed by atoms with van der Waals surface area (Å²) >= 11 is 3.08. The zero-order valence-electron chi connectivity index (χ0n) is 12.8. The topological polar surface area (TPSA) is 86.2 Å². The summed E-state index contributed by atoms with van der Waals surface area (Å²) in [7, 11) is 0. The fourth-order valence-corrected chi connectivity index (χ4v) is 3.94. The van der Waals surface area contributed by atoms with E-state index in [1.165, 1.54) is 23.5 Å². The number of aromatic nitrogens is 4. The lowest BCUT2D eigenvalue weighted by atomic mass is 10.2. The summed E-state index contributed by atoms with van der Waals surface area (Å²) in [6.45, 7) is 0. The molecule has 4 aromatic rings. The first-order valence-electron chi connectivity index (χ1n) is 7.34. The lowest BCUT2D eigenvalue weighted by Gasteiger charge is -1.98. The monoisotopic (exact) mass is 369 g/mol. The second kappa shape index (κ2) is 6.61. The first-order chi connectivity index (χ1) is 12.2. The Hall–Kier alpha value is -2.78. The fourth-order valence-electron chi connectivity index (χ4n) is 2.25. The van der Waals surface area contributed by atoms with E-state index in [0.717, 1.165) is 21.3 Å². The number of thioether (sulfide) groups is 1. The maximum atomic E-state index is 10.7. The van der Waals surface area contributed by atoms with Crippen LogP contribution in [-0.4, -0.2) is 24.7 Å². The summed E-state index contributed by atoms with van der Waals surface area (Å²) in [6.07, 6.45) is 0. The van der Waals surface area contributed by atoms with Crippen molar-refractivity contribution in [3.63, 3.8) is 0 Å². The van der Waals surface area contributed by atoms with E-state index in [1.807, 2.05) is 30.3 Å². The van der Waals surface area contributed by atoms with E-state index >= 15 is 0 Å². The molecule has 9 heteroatoms. The van der Waals surface area contributed by atoms with Crippen molar-refractivity contribution in [2.75, 3.05) is 0 Å². The number of nitrogens with zero attached hydrogens (tertiary/aromatic N) is 5. The van der Waals surface area contributed by atoms with Gasteiger partial charge in [-0.25, -0.2) is 0 Å². The quantitative estimate of drug-likeness (QED) is 0.300. The van der Waals surface area contributed by atoms with Gasteiger partial charge in [-0.2, -0.15) is 9.61 Å². The summed E-state index contributed by atoms with van der Waals surface area (Å²) in [5, 5.41) is 24.4.